The predicted molar refractivity (Wildman–Crippen MR) is 89.0 cm³/mol. The minimum absolute atomic E-state index is 0.186. The minimum atomic E-state index is -1.40. The number of rotatable bonds is 8. The highest BCUT2D eigenvalue weighted by molar-refractivity contribution is 6.40. The van der Waals surface area contributed by atoms with Gasteiger partial charge in [-0.15, -0.1) is 0 Å². The molecule has 1 aliphatic carbocycles. The molecule has 2 fully saturated rings. The summed E-state index contributed by atoms with van der Waals surface area (Å²) in [5, 5.41) is 33.1. The molecule has 2 rings (SSSR count). The summed E-state index contributed by atoms with van der Waals surface area (Å²) in [6.45, 7) is 0.381. The fourth-order valence-corrected chi connectivity index (χ4v) is 3.93. The summed E-state index contributed by atoms with van der Waals surface area (Å²) in [6, 6.07) is -1.59. The third kappa shape index (κ3) is 4.92. The maximum Gasteiger partial charge on any atom is 0.451 e. The topological polar surface area (TPSA) is 145 Å². The van der Waals surface area contributed by atoms with Gasteiger partial charge in [-0.2, -0.15) is 0 Å². The van der Waals surface area contributed by atoms with Crippen LogP contribution in [0.5, 0.6) is 0 Å². The van der Waals surface area contributed by atoms with E-state index in [1.54, 1.807) is 0 Å². The lowest BCUT2D eigenvalue weighted by Gasteiger charge is -2.25. The average Bonchev–Trinajstić information content (AvgIpc) is 3.16. The van der Waals surface area contributed by atoms with Gasteiger partial charge in [0.1, 0.15) is 6.04 Å². The summed E-state index contributed by atoms with van der Waals surface area (Å²) < 4.78 is 0. The highest BCUT2D eigenvalue weighted by Crippen LogP contribution is 2.28. The number of hydrogen-bond donors (Lipinski definition) is 6. The third-order valence-corrected chi connectivity index (χ3v) is 5.31. The first kappa shape index (κ1) is 19.2. The highest BCUT2D eigenvalue weighted by Gasteiger charge is 2.41. The van der Waals surface area contributed by atoms with Crippen LogP contribution in [-0.2, 0) is 9.59 Å². The van der Waals surface area contributed by atoms with Crippen molar-refractivity contribution < 1.29 is 24.7 Å². The molecule has 0 aromatic rings. The third-order valence-electron chi connectivity index (χ3n) is 5.31. The van der Waals surface area contributed by atoms with E-state index in [1.807, 2.05) is 0 Å². The van der Waals surface area contributed by atoms with E-state index in [9.17, 15) is 14.7 Å². The molecule has 24 heavy (non-hydrogen) atoms. The van der Waals surface area contributed by atoms with Gasteiger partial charge >= 0.3 is 13.1 Å². The second-order valence-corrected chi connectivity index (χ2v) is 6.98. The van der Waals surface area contributed by atoms with Crippen LogP contribution in [-0.4, -0.2) is 58.8 Å². The Kier molecular flexibility index (Phi) is 7.03. The fourth-order valence-electron chi connectivity index (χ4n) is 3.93. The standard InChI is InChI=1S/C15H28BN3O5/c17-12(9-4-1-2-5-9)14(20)19-11-8-18-13(15(21)22)10(11)6-3-7-16(23)24/h9-13,18,23-24H,1-8,17H2,(H,19,20)(H,21,22)/t10-,11+,12+,13+/m1/s1. The Morgan fingerprint density at radius 2 is 1.96 bits per heavy atom. The molecule has 1 saturated carbocycles. The molecule has 7 N–H and O–H groups in total. The molecule has 136 valence electrons. The van der Waals surface area contributed by atoms with Crippen LogP contribution in [0.15, 0.2) is 0 Å². The molecule has 1 saturated heterocycles. The van der Waals surface area contributed by atoms with E-state index >= 15 is 0 Å². The highest BCUT2D eigenvalue weighted by atomic mass is 16.4. The van der Waals surface area contributed by atoms with Gasteiger partial charge in [0.15, 0.2) is 0 Å². The van der Waals surface area contributed by atoms with Gasteiger partial charge < -0.3 is 31.5 Å². The van der Waals surface area contributed by atoms with E-state index in [-0.39, 0.29) is 30.1 Å². The largest absolute Gasteiger partial charge is 0.480 e. The second-order valence-electron chi connectivity index (χ2n) is 6.98. The Morgan fingerprint density at radius 1 is 1.29 bits per heavy atom. The van der Waals surface area contributed by atoms with E-state index in [4.69, 9.17) is 15.8 Å². The number of carbonyl (C=O) groups is 2. The van der Waals surface area contributed by atoms with Crippen LogP contribution in [0.4, 0.5) is 0 Å². The molecule has 1 heterocycles. The summed E-state index contributed by atoms with van der Waals surface area (Å²) in [5.74, 6) is -1.26. The minimum Gasteiger partial charge on any atom is -0.480 e. The fraction of sp³-hybridized carbons (Fsp3) is 0.867. The average molecular weight is 341 g/mol. The van der Waals surface area contributed by atoms with Crippen molar-refractivity contribution in [2.75, 3.05) is 6.54 Å². The molecule has 1 aliphatic heterocycles. The predicted octanol–water partition coefficient (Wildman–Crippen LogP) is -1.09. The summed E-state index contributed by atoms with van der Waals surface area (Å²) in [4.78, 5) is 23.8. The van der Waals surface area contributed by atoms with Gasteiger partial charge in [-0.25, -0.2) is 0 Å². The van der Waals surface area contributed by atoms with Crippen LogP contribution in [0.1, 0.15) is 38.5 Å². The zero-order valence-electron chi connectivity index (χ0n) is 13.9. The number of nitrogens with two attached hydrogens (primary N) is 1. The van der Waals surface area contributed by atoms with Crippen LogP contribution in [0.3, 0.4) is 0 Å². The molecule has 0 radical (unpaired) electrons. The molecular formula is C15H28BN3O5. The number of amides is 1. The molecule has 0 unspecified atom stereocenters. The van der Waals surface area contributed by atoms with Gasteiger partial charge in [-0.05, 0) is 31.5 Å². The van der Waals surface area contributed by atoms with Crippen LogP contribution in [0, 0.1) is 11.8 Å². The number of hydrogen-bond acceptors (Lipinski definition) is 6. The lowest BCUT2D eigenvalue weighted by molar-refractivity contribution is -0.140. The SMILES string of the molecule is N[C@H](C(=O)N[C@H]1CN[C@H](C(=O)O)[C@@H]1CCCB(O)O)C1CCCC1. The van der Waals surface area contributed by atoms with Crippen LogP contribution < -0.4 is 16.4 Å². The normalized spacial score (nSPS) is 28.7. The van der Waals surface area contributed by atoms with Crippen molar-refractivity contribution in [3.05, 3.63) is 0 Å². The zero-order chi connectivity index (χ0) is 17.7. The van der Waals surface area contributed by atoms with Gasteiger partial charge in [0.25, 0.3) is 0 Å². The Labute approximate surface area is 142 Å². The van der Waals surface area contributed by atoms with Crippen molar-refractivity contribution in [2.24, 2.45) is 17.6 Å². The molecule has 0 bridgehead atoms. The monoisotopic (exact) mass is 341 g/mol. The molecule has 0 aromatic heterocycles. The Balaban J connectivity index is 1.92. The quantitative estimate of drug-likeness (QED) is 0.308. The number of aliphatic carboxylic acids is 1. The number of carboxylic acid groups (broad SMARTS) is 1. The lowest BCUT2D eigenvalue weighted by Crippen LogP contribution is -2.51. The molecule has 9 heteroatoms. The first-order valence-electron chi connectivity index (χ1n) is 8.78. The maximum atomic E-state index is 12.4. The van der Waals surface area contributed by atoms with Crippen molar-refractivity contribution in [2.45, 2.75) is 63.0 Å². The van der Waals surface area contributed by atoms with Gasteiger partial charge in [-0.3, -0.25) is 9.59 Å². The lowest BCUT2D eigenvalue weighted by atomic mass is 9.80. The smallest absolute Gasteiger partial charge is 0.451 e. The molecule has 1 amide bonds. The van der Waals surface area contributed by atoms with Crippen LogP contribution in [0.2, 0.25) is 6.32 Å². The van der Waals surface area contributed by atoms with Crippen LogP contribution in [0.25, 0.3) is 0 Å². The van der Waals surface area contributed by atoms with Crippen LogP contribution >= 0.6 is 0 Å². The van der Waals surface area contributed by atoms with E-state index in [0.29, 0.717) is 19.4 Å². The maximum absolute atomic E-state index is 12.4. The Bertz CT molecular complexity index is 445. The van der Waals surface area contributed by atoms with Crippen molar-refractivity contribution >= 4 is 19.0 Å². The van der Waals surface area contributed by atoms with Gasteiger partial charge in [-0.1, -0.05) is 19.3 Å². The number of carbonyl (C=O) groups excluding carboxylic acids is 1. The zero-order valence-corrected chi connectivity index (χ0v) is 13.9. The molecule has 8 nitrogen and oxygen atoms in total. The van der Waals surface area contributed by atoms with Crippen molar-refractivity contribution in [3.63, 3.8) is 0 Å². The Hall–Kier alpha value is -1.16. The first-order valence-corrected chi connectivity index (χ1v) is 8.78. The number of nitrogens with one attached hydrogen (secondary N) is 2. The van der Waals surface area contributed by atoms with Crippen molar-refractivity contribution in [1.29, 1.82) is 0 Å². The summed E-state index contributed by atoms with van der Waals surface area (Å²) in [6.07, 6.45) is 5.29. The molecule has 2 aliphatic rings. The summed E-state index contributed by atoms with van der Waals surface area (Å²) in [7, 11) is -1.40. The van der Waals surface area contributed by atoms with Crippen molar-refractivity contribution in [1.82, 2.24) is 10.6 Å². The van der Waals surface area contributed by atoms with Gasteiger partial charge in [0.2, 0.25) is 5.91 Å². The summed E-state index contributed by atoms with van der Waals surface area (Å²) in [5.41, 5.74) is 6.07. The van der Waals surface area contributed by atoms with E-state index < -0.39 is 25.2 Å². The van der Waals surface area contributed by atoms with E-state index in [1.165, 1.54) is 0 Å². The molecule has 0 aromatic carbocycles. The van der Waals surface area contributed by atoms with E-state index in [2.05, 4.69) is 10.6 Å². The second kappa shape index (κ2) is 8.80. The Morgan fingerprint density at radius 3 is 2.54 bits per heavy atom. The molecule has 0 spiro atoms. The van der Waals surface area contributed by atoms with Gasteiger partial charge in [0, 0.05) is 18.5 Å². The first-order chi connectivity index (χ1) is 11.4. The summed E-state index contributed by atoms with van der Waals surface area (Å²) >= 11 is 0. The number of carboxylic acids is 1. The van der Waals surface area contributed by atoms with E-state index in [0.717, 1.165) is 25.7 Å². The molecular weight excluding hydrogens is 313 g/mol. The van der Waals surface area contributed by atoms with Gasteiger partial charge in [0.05, 0.1) is 6.04 Å². The van der Waals surface area contributed by atoms with Crippen molar-refractivity contribution in [3.8, 4) is 0 Å². The molecule has 4 atom stereocenters.